The Hall–Kier alpha value is -0.530. The Balaban J connectivity index is 0. The van der Waals surface area contributed by atoms with Crippen LogP contribution < -0.4 is 0 Å². The van der Waals surface area contributed by atoms with Crippen LogP contribution in [0.25, 0.3) is 0 Å². The van der Waals surface area contributed by atoms with Crippen LogP contribution in [0.3, 0.4) is 0 Å². The third-order valence-corrected chi connectivity index (χ3v) is 1.47. The van der Waals surface area contributed by atoms with Crippen LogP contribution in [0, 0.1) is 0 Å². The van der Waals surface area contributed by atoms with E-state index in [1.165, 1.54) is 19.3 Å². The van der Waals surface area contributed by atoms with E-state index >= 15 is 0 Å². The summed E-state index contributed by atoms with van der Waals surface area (Å²) >= 11 is 0. The van der Waals surface area contributed by atoms with Crippen molar-refractivity contribution in [1.82, 2.24) is 0 Å². The van der Waals surface area contributed by atoms with E-state index in [2.05, 4.69) is 18.6 Å². The second-order valence-corrected chi connectivity index (χ2v) is 2.91. The molecule has 0 aliphatic carbocycles. The summed E-state index contributed by atoms with van der Waals surface area (Å²) < 4.78 is 4.64. The standard InChI is InChI=1S/C6H12O2.C5H12/c1-3-5-6(7)8-4-2;1-3-5-4-2/h3-5H2,1-2H3;3-5H2,1-2H3. The molecule has 0 unspecified atom stereocenters. The molecule has 0 spiro atoms. The first-order chi connectivity index (χ1) is 6.22. The smallest absolute Gasteiger partial charge is 0.305 e. The summed E-state index contributed by atoms with van der Waals surface area (Å²) in [5.74, 6) is -0.0880. The van der Waals surface area contributed by atoms with Gasteiger partial charge >= 0.3 is 5.97 Å². The van der Waals surface area contributed by atoms with E-state index in [-0.39, 0.29) is 5.97 Å². The molecule has 0 aromatic rings. The van der Waals surface area contributed by atoms with Crippen molar-refractivity contribution in [3.63, 3.8) is 0 Å². The third kappa shape index (κ3) is 18.4. The van der Waals surface area contributed by atoms with E-state index in [1.807, 2.05) is 13.8 Å². The molecule has 2 heteroatoms. The van der Waals surface area contributed by atoms with Crippen molar-refractivity contribution >= 4 is 5.97 Å². The minimum Gasteiger partial charge on any atom is -0.466 e. The molecule has 0 saturated heterocycles. The average molecular weight is 188 g/mol. The molecule has 0 fully saturated rings. The van der Waals surface area contributed by atoms with Crippen molar-refractivity contribution in [2.75, 3.05) is 6.61 Å². The van der Waals surface area contributed by atoms with Gasteiger partial charge in [0, 0.05) is 6.42 Å². The molecule has 0 N–H and O–H groups in total. The van der Waals surface area contributed by atoms with E-state index < -0.39 is 0 Å². The molecule has 2 nitrogen and oxygen atoms in total. The van der Waals surface area contributed by atoms with Gasteiger partial charge in [0.15, 0.2) is 0 Å². The molecule has 0 amide bonds. The van der Waals surface area contributed by atoms with Gasteiger partial charge in [-0.2, -0.15) is 0 Å². The SMILES string of the molecule is CCCC(=O)OCC.CCCCC. The number of carbonyl (C=O) groups is 1. The van der Waals surface area contributed by atoms with Crippen LogP contribution in [-0.2, 0) is 9.53 Å². The van der Waals surface area contributed by atoms with Gasteiger partial charge in [-0.3, -0.25) is 4.79 Å². The maximum absolute atomic E-state index is 10.4. The van der Waals surface area contributed by atoms with Gasteiger partial charge in [-0.1, -0.05) is 40.0 Å². The van der Waals surface area contributed by atoms with Gasteiger partial charge in [-0.15, -0.1) is 0 Å². The molecular formula is C11H24O2. The lowest BCUT2D eigenvalue weighted by Gasteiger charge is -1.96. The zero-order valence-electron chi connectivity index (χ0n) is 9.56. The Labute approximate surface area is 82.7 Å². The lowest BCUT2D eigenvalue weighted by atomic mass is 10.3. The number of hydrogen-bond acceptors (Lipinski definition) is 2. The van der Waals surface area contributed by atoms with Gasteiger partial charge in [0.05, 0.1) is 6.61 Å². The summed E-state index contributed by atoms with van der Waals surface area (Å²) in [5.41, 5.74) is 0. The fourth-order valence-corrected chi connectivity index (χ4v) is 0.791. The summed E-state index contributed by atoms with van der Waals surface area (Å²) in [6, 6.07) is 0. The second kappa shape index (κ2) is 14.0. The molecule has 80 valence electrons. The Morgan fingerprint density at radius 2 is 1.54 bits per heavy atom. The first-order valence-corrected chi connectivity index (χ1v) is 5.38. The molecule has 0 aromatic heterocycles. The van der Waals surface area contributed by atoms with Crippen molar-refractivity contribution < 1.29 is 9.53 Å². The van der Waals surface area contributed by atoms with Crippen molar-refractivity contribution in [2.45, 2.75) is 59.8 Å². The minimum absolute atomic E-state index is 0.0880. The van der Waals surface area contributed by atoms with E-state index in [9.17, 15) is 4.79 Å². The van der Waals surface area contributed by atoms with Gasteiger partial charge < -0.3 is 4.74 Å². The Bertz CT molecular complexity index is 90.3. The normalized spacial score (nSPS) is 8.62. The molecule has 13 heavy (non-hydrogen) atoms. The molecular weight excluding hydrogens is 164 g/mol. The lowest BCUT2D eigenvalue weighted by molar-refractivity contribution is -0.143. The molecule has 0 saturated carbocycles. The maximum atomic E-state index is 10.4. The zero-order chi connectivity index (χ0) is 10.5. The minimum atomic E-state index is -0.0880. The van der Waals surface area contributed by atoms with Gasteiger partial charge in [-0.05, 0) is 13.3 Å². The second-order valence-electron chi connectivity index (χ2n) is 2.91. The fraction of sp³-hybridized carbons (Fsp3) is 0.909. The summed E-state index contributed by atoms with van der Waals surface area (Å²) in [7, 11) is 0. The molecule has 0 aliphatic heterocycles. The van der Waals surface area contributed by atoms with Crippen LogP contribution in [0.15, 0.2) is 0 Å². The largest absolute Gasteiger partial charge is 0.466 e. The summed E-state index contributed by atoms with van der Waals surface area (Å²) in [6.45, 7) is 8.69. The molecule has 0 aromatic carbocycles. The van der Waals surface area contributed by atoms with Crippen LogP contribution in [0.1, 0.15) is 59.8 Å². The van der Waals surface area contributed by atoms with E-state index in [4.69, 9.17) is 0 Å². The summed E-state index contributed by atoms with van der Waals surface area (Å²) in [4.78, 5) is 10.4. The predicted octanol–water partition coefficient (Wildman–Crippen LogP) is 3.55. The predicted molar refractivity (Wildman–Crippen MR) is 56.7 cm³/mol. The molecule has 0 aliphatic rings. The maximum Gasteiger partial charge on any atom is 0.305 e. The van der Waals surface area contributed by atoms with Gasteiger partial charge in [0.2, 0.25) is 0 Å². The van der Waals surface area contributed by atoms with Crippen LogP contribution in [0.5, 0.6) is 0 Å². The summed E-state index contributed by atoms with van der Waals surface area (Å²) in [5, 5.41) is 0. The average Bonchev–Trinajstić information content (AvgIpc) is 2.08. The number of hydrogen-bond donors (Lipinski definition) is 0. The number of carbonyl (C=O) groups excluding carboxylic acids is 1. The third-order valence-electron chi connectivity index (χ3n) is 1.47. The molecule has 0 bridgehead atoms. The van der Waals surface area contributed by atoms with Crippen molar-refractivity contribution in [3.05, 3.63) is 0 Å². The Morgan fingerprint density at radius 1 is 1.00 bits per heavy atom. The first kappa shape index (κ1) is 15.0. The monoisotopic (exact) mass is 188 g/mol. The number of rotatable bonds is 5. The Morgan fingerprint density at radius 3 is 1.77 bits per heavy atom. The van der Waals surface area contributed by atoms with Crippen molar-refractivity contribution in [1.29, 1.82) is 0 Å². The van der Waals surface area contributed by atoms with Gasteiger partial charge in [0.25, 0.3) is 0 Å². The van der Waals surface area contributed by atoms with Gasteiger partial charge in [-0.25, -0.2) is 0 Å². The van der Waals surface area contributed by atoms with Crippen LogP contribution in [0.2, 0.25) is 0 Å². The first-order valence-electron chi connectivity index (χ1n) is 5.38. The van der Waals surface area contributed by atoms with Crippen molar-refractivity contribution in [3.8, 4) is 0 Å². The quantitative estimate of drug-likeness (QED) is 0.617. The zero-order valence-corrected chi connectivity index (χ0v) is 9.56. The number of ether oxygens (including phenoxy) is 1. The van der Waals surface area contributed by atoms with Crippen LogP contribution in [-0.4, -0.2) is 12.6 Å². The van der Waals surface area contributed by atoms with E-state index in [1.54, 1.807) is 0 Å². The summed E-state index contributed by atoms with van der Waals surface area (Å²) in [6.07, 6.45) is 5.50. The topological polar surface area (TPSA) is 26.3 Å². The molecule has 0 radical (unpaired) electrons. The molecule has 0 rings (SSSR count). The Kier molecular flexibility index (Phi) is 16.1. The molecule has 0 atom stereocenters. The highest BCUT2D eigenvalue weighted by Crippen LogP contribution is 1.89. The van der Waals surface area contributed by atoms with E-state index in [0.717, 1.165) is 6.42 Å². The van der Waals surface area contributed by atoms with Gasteiger partial charge in [0.1, 0.15) is 0 Å². The highest BCUT2D eigenvalue weighted by Gasteiger charge is 1.95. The van der Waals surface area contributed by atoms with Crippen LogP contribution in [0.4, 0.5) is 0 Å². The highest BCUT2D eigenvalue weighted by molar-refractivity contribution is 5.69. The van der Waals surface area contributed by atoms with Crippen molar-refractivity contribution in [2.24, 2.45) is 0 Å². The van der Waals surface area contributed by atoms with Crippen LogP contribution >= 0.6 is 0 Å². The number of unbranched alkanes of at least 4 members (excludes halogenated alkanes) is 2. The molecule has 0 heterocycles. The number of esters is 1. The fourth-order valence-electron chi connectivity index (χ4n) is 0.791. The highest BCUT2D eigenvalue weighted by atomic mass is 16.5. The van der Waals surface area contributed by atoms with E-state index in [0.29, 0.717) is 13.0 Å². The lowest BCUT2D eigenvalue weighted by Crippen LogP contribution is -2.01.